The van der Waals surface area contributed by atoms with Crippen LogP contribution >= 0.6 is 0 Å². The van der Waals surface area contributed by atoms with Crippen LogP contribution in [0, 0.1) is 0 Å². The van der Waals surface area contributed by atoms with E-state index in [-0.39, 0.29) is 0 Å². The highest BCUT2D eigenvalue weighted by Crippen LogP contribution is 2.40. The first-order chi connectivity index (χ1) is 19.7. The van der Waals surface area contributed by atoms with Crippen LogP contribution in [0.15, 0.2) is 130 Å². The SMILES string of the molecule is Cn1c2ccc(-c3cccc4c3oc3ccccc34)cc2c2cc(-c3cccc4c3oc3ccccc34)ccc21. The van der Waals surface area contributed by atoms with E-state index in [2.05, 4.69) is 109 Å². The van der Waals surface area contributed by atoms with Gasteiger partial charge in [-0.05, 0) is 47.5 Å². The van der Waals surface area contributed by atoms with Crippen molar-refractivity contribution in [2.24, 2.45) is 7.05 Å². The molecule has 0 aliphatic heterocycles. The highest BCUT2D eigenvalue weighted by atomic mass is 16.3. The number of fused-ring (bicyclic) bond motifs is 9. The fourth-order valence-corrected chi connectivity index (χ4v) is 6.50. The Morgan fingerprint density at radius 2 is 0.875 bits per heavy atom. The summed E-state index contributed by atoms with van der Waals surface area (Å²) < 4.78 is 15.0. The molecule has 0 bridgehead atoms. The number of nitrogens with zero attached hydrogens (tertiary/aromatic N) is 1. The third kappa shape index (κ3) is 2.89. The molecule has 188 valence electrons. The number of hydrogen-bond acceptors (Lipinski definition) is 2. The average Bonchev–Trinajstić information content (AvgIpc) is 3.66. The van der Waals surface area contributed by atoms with Gasteiger partial charge in [-0.1, -0.05) is 84.9 Å². The van der Waals surface area contributed by atoms with Crippen molar-refractivity contribution in [3.05, 3.63) is 121 Å². The minimum Gasteiger partial charge on any atom is -0.455 e. The average molecular weight is 514 g/mol. The van der Waals surface area contributed by atoms with Crippen molar-refractivity contribution in [2.45, 2.75) is 0 Å². The van der Waals surface area contributed by atoms with Gasteiger partial charge < -0.3 is 13.4 Å². The van der Waals surface area contributed by atoms with E-state index in [1.807, 2.05) is 24.3 Å². The predicted octanol–water partition coefficient (Wildman–Crippen LogP) is 10.5. The first kappa shape index (κ1) is 21.6. The molecule has 9 rings (SSSR count). The van der Waals surface area contributed by atoms with Crippen LogP contribution in [-0.4, -0.2) is 4.57 Å². The number of para-hydroxylation sites is 4. The highest BCUT2D eigenvalue weighted by Gasteiger charge is 2.17. The molecule has 0 fully saturated rings. The van der Waals surface area contributed by atoms with Gasteiger partial charge in [0.25, 0.3) is 0 Å². The number of aryl methyl sites for hydroxylation is 1. The summed E-state index contributed by atoms with van der Waals surface area (Å²) in [6, 6.07) is 42.9. The van der Waals surface area contributed by atoms with E-state index in [9.17, 15) is 0 Å². The Kier molecular flexibility index (Phi) is 4.26. The molecular formula is C37H23NO2. The molecule has 40 heavy (non-hydrogen) atoms. The van der Waals surface area contributed by atoms with Crippen molar-refractivity contribution in [2.75, 3.05) is 0 Å². The summed E-state index contributed by atoms with van der Waals surface area (Å²) in [5.41, 5.74) is 10.6. The number of furan rings is 2. The van der Waals surface area contributed by atoms with E-state index < -0.39 is 0 Å². The number of rotatable bonds is 2. The van der Waals surface area contributed by atoms with Gasteiger partial charge in [0.1, 0.15) is 22.3 Å². The van der Waals surface area contributed by atoms with Gasteiger partial charge in [0, 0.05) is 61.5 Å². The lowest BCUT2D eigenvalue weighted by molar-refractivity contribution is 0.669. The number of hydrogen-bond donors (Lipinski definition) is 0. The van der Waals surface area contributed by atoms with E-state index in [0.717, 1.165) is 66.1 Å². The Bertz CT molecular complexity index is 2280. The largest absolute Gasteiger partial charge is 0.455 e. The molecule has 6 aromatic carbocycles. The maximum Gasteiger partial charge on any atom is 0.143 e. The molecular weight excluding hydrogens is 490 g/mol. The number of aromatic nitrogens is 1. The maximum absolute atomic E-state index is 6.37. The Hall–Kier alpha value is -5.28. The molecule has 0 atom stereocenters. The van der Waals surface area contributed by atoms with E-state index in [0.29, 0.717) is 0 Å². The van der Waals surface area contributed by atoms with Gasteiger partial charge in [-0.2, -0.15) is 0 Å². The molecule has 0 radical (unpaired) electrons. The summed E-state index contributed by atoms with van der Waals surface area (Å²) in [6.07, 6.45) is 0. The lowest BCUT2D eigenvalue weighted by atomic mass is 9.98. The second-order valence-electron chi connectivity index (χ2n) is 10.6. The molecule has 0 aliphatic rings. The summed E-state index contributed by atoms with van der Waals surface area (Å²) in [5.74, 6) is 0. The summed E-state index contributed by atoms with van der Waals surface area (Å²) in [5, 5.41) is 7.04. The smallest absolute Gasteiger partial charge is 0.143 e. The summed E-state index contributed by atoms with van der Waals surface area (Å²) >= 11 is 0. The van der Waals surface area contributed by atoms with Gasteiger partial charge >= 0.3 is 0 Å². The standard InChI is InChI=1S/C37H23NO2/c1-38-32-18-16-22(24-10-6-12-28-26-8-2-4-14-34(26)39-36(24)28)20-30(32)31-21-23(17-19-33(31)38)25-11-7-13-29-27-9-3-5-15-35(27)40-37(25)29/h2-21H,1H3. The first-order valence-corrected chi connectivity index (χ1v) is 13.6. The normalized spacial score (nSPS) is 12.1. The van der Waals surface area contributed by atoms with Crippen LogP contribution < -0.4 is 0 Å². The molecule has 9 aromatic rings. The fourth-order valence-electron chi connectivity index (χ4n) is 6.50. The van der Waals surface area contributed by atoms with Crippen LogP contribution in [0.25, 0.3) is 87.9 Å². The van der Waals surface area contributed by atoms with E-state index in [1.54, 1.807) is 0 Å². The van der Waals surface area contributed by atoms with Gasteiger partial charge in [0.05, 0.1) is 0 Å². The van der Waals surface area contributed by atoms with Crippen LogP contribution in [0.2, 0.25) is 0 Å². The Balaban J connectivity index is 1.28. The highest BCUT2D eigenvalue weighted by molar-refractivity contribution is 6.14. The van der Waals surface area contributed by atoms with Crippen LogP contribution in [0.3, 0.4) is 0 Å². The summed E-state index contributed by atoms with van der Waals surface area (Å²) in [6.45, 7) is 0. The van der Waals surface area contributed by atoms with Crippen molar-refractivity contribution in [1.82, 2.24) is 4.57 Å². The topological polar surface area (TPSA) is 31.2 Å². The Morgan fingerprint density at radius 1 is 0.425 bits per heavy atom. The molecule has 0 saturated carbocycles. The molecule has 0 N–H and O–H groups in total. The monoisotopic (exact) mass is 513 g/mol. The van der Waals surface area contributed by atoms with Crippen LogP contribution in [0.1, 0.15) is 0 Å². The quantitative estimate of drug-likeness (QED) is 0.230. The molecule has 0 amide bonds. The molecule has 3 nitrogen and oxygen atoms in total. The van der Waals surface area contributed by atoms with E-state index in [1.165, 1.54) is 21.8 Å². The zero-order valence-corrected chi connectivity index (χ0v) is 21.8. The molecule has 3 aromatic heterocycles. The van der Waals surface area contributed by atoms with Crippen molar-refractivity contribution in [3.63, 3.8) is 0 Å². The van der Waals surface area contributed by atoms with Gasteiger partial charge in [0.15, 0.2) is 0 Å². The van der Waals surface area contributed by atoms with Crippen LogP contribution in [0.4, 0.5) is 0 Å². The van der Waals surface area contributed by atoms with E-state index in [4.69, 9.17) is 8.83 Å². The lowest BCUT2D eigenvalue weighted by Crippen LogP contribution is -1.87. The molecule has 0 saturated heterocycles. The number of benzene rings is 6. The maximum atomic E-state index is 6.37. The zero-order valence-electron chi connectivity index (χ0n) is 21.8. The summed E-state index contributed by atoms with van der Waals surface area (Å²) in [4.78, 5) is 0. The first-order valence-electron chi connectivity index (χ1n) is 13.6. The van der Waals surface area contributed by atoms with Gasteiger partial charge in [-0.3, -0.25) is 0 Å². The fraction of sp³-hybridized carbons (Fsp3) is 0.0270. The molecule has 3 heterocycles. The second-order valence-corrected chi connectivity index (χ2v) is 10.6. The third-order valence-corrected chi connectivity index (χ3v) is 8.44. The van der Waals surface area contributed by atoms with Crippen molar-refractivity contribution >= 4 is 65.7 Å². The Morgan fingerprint density at radius 3 is 1.38 bits per heavy atom. The second kappa shape index (κ2) is 7.87. The van der Waals surface area contributed by atoms with Crippen molar-refractivity contribution in [3.8, 4) is 22.3 Å². The van der Waals surface area contributed by atoms with Crippen LogP contribution in [0.5, 0.6) is 0 Å². The van der Waals surface area contributed by atoms with Gasteiger partial charge in [-0.25, -0.2) is 0 Å². The lowest BCUT2D eigenvalue weighted by Gasteiger charge is -2.05. The molecule has 0 spiro atoms. The van der Waals surface area contributed by atoms with Crippen molar-refractivity contribution < 1.29 is 8.83 Å². The minimum absolute atomic E-state index is 0.917. The molecule has 0 unspecified atom stereocenters. The molecule has 3 heteroatoms. The van der Waals surface area contributed by atoms with Crippen molar-refractivity contribution in [1.29, 1.82) is 0 Å². The summed E-state index contributed by atoms with van der Waals surface area (Å²) in [7, 11) is 2.14. The predicted molar refractivity (Wildman–Crippen MR) is 166 cm³/mol. The Labute approximate surface area is 229 Å². The van der Waals surface area contributed by atoms with E-state index >= 15 is 0 Å². The van der Waals surface area contributed by atoms with Gasteiger partial charge in [0.2, 0.25) is 0 Å². The zero-order chi connectivity index (χ0) is 26.4. The minimum atomic E-state index is 0.917. The third-order valence-electron chi connectivity index (χ3n) is 8.44. The van der Waals surface area contributed by atoms with Gasteiger partial charge in [-0.15, -0.1) is 0 Å². The van der Waals surface area contributed by atoms with Crippen LogP contribution in [-0.2, 0) is 7.05 Å². The molecule has 0 aliphatic carbocycles.